The first kappa shape index (κ1) is 9.97. The fraction of sp³-hybridized carbons (Fsp3) is 0.538. The van der Waals surface area contributed by atoms with Crippen LogP contribution in [0.25, 0.3) is 0 Å². The number of fused-ring (bicyclic) bond motifs is 1. The molecule has 0 aromatic carbocycles. The van der Waals surface area contributed by atoms with Crippen molar-refractivity contribution in [2.24, 2.45) is 5.73 Å². The molecule has 0 bridgehead atoms. The Kier molecular flexibility index (Phi) is 2.11. The Morgan fingerprint density at radius 3 is 3.00 bits per heavy atom. The number of ketones is 1. The van der Waals surface area contributed by atoms with Crippen molar-refractivity contribution in [2.75, 3.05) is 0 Å². The number of Topliss-reactive ketones (excluding diaryl/α,β-unsaturated/α-hetero) is 1. The third-order valence-electron chi connectivity index (χ3n) is 4.01. The number of hydrogen-bond donors (Lipinski definition) is 1. The van der Waals surface area contributed by atoms with Gasteiger partial charge in [-0.15, -0.1) is 0 Å². The topological polar surface area (TPSA) is 56.0 Å². The molecular weight excluding hydrogens is 200 g/mol. The summed E-state index contributed by atoms with van der Waals surface area (Å²) in [5.74, 6) is 0.178. The van der Waals surface area contributed by atoms with Crippen molar-refractivity contribution in [1.82, 2.24) is 4.98 Å². The fourth-order valence-electron chi connectivity index (χ4n) is 2.82. The summed E-state index contributed by atoms with van der Waals surface area (Å²) in [4.78, 5) is 16.7. The van der Waals surface area contributed by atoms with E-state index < -0.39 is 5.54 Å². The third-order valence-corrected chi connectivity index (χ3v) is 4.01. The van der Waals surface area contributed by atoms with Crippen molar-refractivity contribution in [3.8, 4) is 0 Å². The van der Waals surface area contributed by atoms with Crippen LogP contribution in [0.15, 0.2) is 18.3 Å². The molecule has 1 aromatic rings. The van der Waals surface area contributed by atoms with Crippen molar-refractivity contribution in [3.63, 3.8) is 0 Å². The van der Waals surface area contributed by atoms with Gasteiger partial charge in [0.2, 0.25) is 0 Å². The minimum absolute atomic E-state index is 0.0403. The van der Waals surface area contributed by atoms with Crippen LogP contribution in [0.5, 0.6) is 0 Å². The predicted molar refractivity (Wildman–Crippen MR) is 61.1 cm³/mol. The predicted octanol–water partition coefficient (Wildman–Crippen LogP) is 1.56. The quantitative estimate of drug-likeness (QED) is 0.816. The maximum absolute atomic E-state index is 12.3. The molecular formula is C13H16N2O. The molecule has 1 aromatic heterocycles. The number of nitrogens with two attached hydrogens (primary N) is 1. The Bertz CT molecular complexity index is 437. The average Bonchev–Trinajstić information content (AvgIpc) is 2.68. The lowest BCUT2D eigenvalue weighted by Crippen LogP contribution is -2.55. The van der Waals surface area contributed by atoms with E-state index in [2.05, 4.69) is 11.1 Å². The van der Waals surface area contributed by atoms with Crippen LogP contribution in [-0.4, -0.2) is 16.3 Å². The Morgan fingerprint density at radius 1 is 1.50 bits per heavy atom. The van der Waals surface area contributed by atoms with Gasteiger partial charge in [0.25, 0.3) is 0 Å². The Morgan fingerprint density at radius 2 is 2.31 bits per heavy atom. The third kappa shape index (κ3) is 1.31. The lowest BCUT2D eigenvalue weighted by molar-refractivity contribution is -0.128. The molecule has 84 valence electrons. The summed E-state index contributed by atoms with van der Waals surface area (Å²) in [6.07, 6.45) is 6.42. The molecule has 1 saturated carbocycles. The van der Waals surface area contributed by atoms with E-state index in [-0.39, 0.29) is 11.7 Å². The van der Waals surface area contributed by atoms with E-state index in [4.69, 9.17) is 5.73 Å². The van der Waals surface area contributed by atoms with Crippen LogP contribution in [0.3, 0.4) is 0 Å². The first-order valence-corrected chi connectivity index (χ1v) is 5.98. The van der Waals surface area contributed by atoms with Gasteiger partial charge in [-0.1, -0.05) is 6.07 Å². The number of carbonyl (C=O) groups excluding carboxylic acids is 1. The number of rotatable bonds is 2. The van der Waals surface area contributed by atoms with Crippen LogP contribution < -0.4 is 5.73 Å². The molecule has 3 rings (SSSR count). The standard InChI is InChI=1S/C13H16N2O/c14-13(6-2-7-13)12(16)10-5-4-9-3-1-8-15-11(9)10/h1,3,8,10H,2,4-7,14H2. The zero-order valence-electron chi connectivity index (χ0n) is 9.28. The Balaban J connectivity index is 1.90. The zero-order valence-corrected chi connectivity index (χ0v) is 9.28. The van der Waals surface area contributed by atoms with Gasteiger partial charge in [0.05, 0.1) is 17.2 Å². The monoisotopic (exact) mass is 216 g/mol. The van der Waals surface area contributed by atoms with Gasteiger partial charge in [-0.3, -0.25) is 9.78 Å². The van der Waals surface area contributed by atoms with Crippen LogP contribution in [-0.2, 0) is 11.2 Å². The molecule has 1 fully saturated rings. The highest BCUT2D eigenvalue weighted by molar-refractivity contribution is 5.95. The number of aryl methyl sites for hydroxylation is 1. The second kappa shape index (κ2) is 3.39. The maximum atomic E-state index is 12.3. The number of nitrogens with zero attached hydrogens (tertiary/aromatic N) is 1. The highest BCUT2D eigenvalue weighted by atomic mass is 16.1. The van der Waals surface area contributed by atoms with E-state index in [0.717, 1.165) is 37.8 Å². The van der Waals surface area contributed by atoms with Gasteiger partial charge < -0.3 is 5.73 Å². The first-order valence-electron chi connectivity index (χ1n) is 5.98. The SMILES string of the molecule is NC1(C(=O)C2CCc3cccnc32)CCC1. The number of hydrogen-bond acceptors (Lipinski definition) is 3. The number of carbonyl (C=O) groups is 1. The average molecular weight is 216 g/mol. The molecule has 3 nitrogen and oxygen atoms in total. The number of pyridine rings is 1. The minimum atomic E-state index is -0.538. The second-order valence-corrected chi connectivity index (χ2v) is 5.01. The van der Waals surface area contributed by atoms with Crippen LogP contribution in [0.1, 0.15) is 42.9 Å². The molecule has 2 aliphatic carbocycles. The molecule has 2 aliphatic rings. The molecule has 2 N–H and O–H groups in total. The van der Waals surface area contributed by atoms with E-state index >= 15 is 0 Å². The van der Waals surface area contributed by atoms with E-state index in [1.54, 1.807) is 6.20 Å². The molecule has 1 heterocycles. The minimum Gasteiger partial charge on any atom is -0.319 e. The second-order valence-electron chi connectivity index (χ2n) is 5.01. The van der Waals surface area contributed by atoms with Crippen molar-refractivity contribution >= 4 is 5.78 Å². The molecule has 1 atom stereocenters. The number of aromatic nitrogens is 1. The highest BCUT2D eigenvalue weighted by Gasteiger charge is 2.45. The maximum Gasteiger partial charge on any atom is 0.161 e. The highest BCUT2D eigenvalue weighted by Crippen LogP contribution is 2.40. The van der Waals surface area contributed by atoms with Gasteiger partial charge in [0.1, 0.15) is 0 Å². The Hall–Kier alpha value is -1.22. The molecule has 0 radical (unpaired) electrons. The summed E-state index contributed by atoms with van der Waals surface area (Å²) >= 11 is 0. The summed E-state index contributed by atoms with van der Waals surface area (Å²) in [6.45, 7) is 0. The molecule has 1 unspecified atom stereocenters. The summed E-state index contributed by atoms with van der Waals surface area (Å²) in [6, 6.07) is 4.01. The molecule has 0 spiro atoms. The Labute approximate surface area is 95.1 Å². The van der Waals surface area contributed by atoms with E-state index in [1.807, 2.05) is 6.07 Å². The van der Waals surface area contributed by atoms with Crippen molar-refractivity contribution in [2.45, 2.75) is 43.6 Å². The van der Waals surface area contributed by atoms with Crippen LogP contribution >= 0.6 is 0 Å². The zero-order chi connectivity index (χ0) is 11.2. The van der Waals surface area contributed by atoms with Gasteiger partial charge in [0.15, 0.2) is 5.78 Å². The molecule has 0 saturated heterocycles. The fourth-order valence-corrected chi connectivity index (χ4v) is 2.82. The van der Waals surface area contributed by atoms with Crippen molar-refractivity contribution in [1.29, 1.82) is 0 Å². The van der Waals surface area contributed by atoms with E-state index in [1.165, 1.54) is 5.56 Å². The lowest BCUT2D eigenvalue weighted by Gasteiger charge is -2.38. The van der Waals surface area contributed by atoms with E-state index in [0.29, 0.717) is 0 Å². The summed E-state index contributed by atoms with van der Waals surface area (Å²) in [5, 5.41) is 0. The van der Waals surface area contributed by atoms with Crippen molar-refractivity contribution in [3.05, 3.63) is 29.6 Å². The van der Waals surface area contributed by atoms with Crippen LogP contribution in [0.2, 0.25) is 0 Å². The van der Waals surface area contributed by atoms with Gasteiger partial charge in [-0.25, -0.2) is 0 Å². The smallest absolute Gasteiger partial charge is 0.161 e. The summed E-state index contributed by atoms with van der Waals surface area (Å²) < 4.78 is 0. The molecule has 0 aliphatic heterocycles. The summed E-state index contributed by atoms with van der Waals surface area (Å²) in [7, 11) is 0. The van der Waals surface area contributed by atoms with E-state index in [9.17, 15) is 4.79 Å². The molecule has 0 amide bonds. The van der Waals surface area contributed by atoms with Crippen LogP contribution in [0.4, 0.5) is 0 Å². The van der Waals surface area contributed by atoms with Gasteiger partial charge in [-0.05, 0) is 43.7 Å². The first-order chi connectivity index (χ1) is 7.71. The van der Waals surface area contributed by atoms with Gasteiger partial charge in [0, 0.05) is 6.20 Å². The van der Waals surface area contributed by atoms with Gasteiger partial charge >= 0.3 is 0 Å². The molecule has 3 heteroatoms. The molecule has 16 heavy (non-hydrogen) atoms. The summed E-state index contributed by atoms with van der Waals surface area (Å²) in [5.41, 5.74) is 7.77. The van der Waals surface area contributed by atoms with Crippen molar-refractivity contribution < 1.29 is 4.79 Å². The normalized spacial score (nSPS) is 25.9. The lowest BCUT2D eigenvalue weighted by atomic mass is 9.70. The largest absolute Gasteiger partial charge is 0.319 e. The van der Waals surface area contributed by atoms with Crippen LogP contribution in [0, 0.1) is 0 Å². The van der Waals surface area contributed by atoms with Gasteiger partial charge in [-0.2, -0.15) is 0 Å².